The molecule has 88 valence electrons. The number of Topliss-reactive ketones (excluding diaryl/α,β-unsaturated/α-hetero) is 1. The third kappa shape index (κ3) is 4.24. The van der Waals surface area contributed by atoms with Gasteiger partial charge in [-0.3, -0.25) is 0 Å². The van der Waals surface area contributed by atoms with E-state index in [1.165, 1.54) is 6.08 Å². The second-order valence-electron chi connectivity index (χ2n) is 4.27. The molecule has 2 nitrogen and oxygen atoms in total. The number of allylic oxidation sites excluding steroid dienone is 2. The van der Waals surface area contributed by atoms with Gasteiger partial charge in [0.1, 0.15) is 5.78 Å². The van der Waals surface area contributed by atoms with Crippen molar-refractivity contribution in [3.8, 4) is 6.07 Å². The van der Waals surface area contributed by atoms with Crippen LogP contribution in [0.25, 0.3) is 0 Å². The third-order valence-corrected chi connectivity index (χ3v) is 2.84. The summed E-state index contributed by atoms with van der Waals surface area (Å²) in [7, 11) is 0. The van der Waals surface area contributed by atoms with Gasteiger partial charge in [0.2, 0.25) is 0 Å². The molecule has 0 radical (unpaired) electrons. The second-order valence-corrected chi connectivity index (χ2v) is 4.27. The van der Waals surface area contributed by atoms with Crippen LogP contribution in [-0.4, -0.2) is 5.78 Å². The van der Waals surface area contributed by atoms with Crippen molar-refractivity contribution in [3.63, 3.8) is 0 Å². The number of carbonyl (C=O) groups excluding carboxylic acids is 1. The number of hydrogen-bond donors (Lipinski definition) is 0. The van der Waals surface area contributed by atoms with E-state index in [1.54, 1.807) is 6.92 Å². The standard InChI is InChI=1S/C15H17NO/c1-12(7-6-10-16)15(11-13(2)17)14-8-4-3-5-9-14/h3-9,12,15H,11H2,1-2H3/b7-6-/t12-,15+/m1/s1. The maximum Gasteiger partial charge on any atom is 0.130 e. The quantitative estimate of drug-likeness (QED) is 0.723. The van der Waals surface area contributed by atoms with Crippen molar-refractivity contribution in [1.29, 1.82) is 5.26 Å². The van der Waals surface area contributed by atoms with Crippen molar-refractivity contribution in [1.82, 2.24) is 0 Å². The molecule has 0 bridgehead atoms. The highest BCUT2D eigenvalue weighted by Crippen LogP contribution is 2.29. The molecule has 0 amide bonds. The number of nitriles is 1. The summed E-state index contributed by atoms with van der Waals surface area (Å²) in [6.07, 6.45) is 3.86. The van der Waals surface area contributed by atoms with Gasteiger partial charge in [-0.15, -0.1) is 0 Å². The number of ketones is 1. The molecule has 0 unspecified atom stereocenters. The van der Waals surface area contributed by atoms with Gasteiger partial charge in [-0.25, -0.2) is 0 Å². The number of nitrogens with zero attached hydrogens (tertiary/aromatic N) is 1. The lowest BCUT2D eigenvalue weighted by Crippen LogP contribution is -2.11. The molecular weight excluding hydrogens is 210 g/mol. The lowest BCUT2D eigenvalue weighted by molar-refractivity contribution is -0.117. The monoisotopic (exact) mass is 227 g/mol. The first kappa shape index (κ1) is 13.2. The molecule has 1 aromatic carbocycles. The third-order valence-electron chi connectivity index (χ3n) is 2.84. The lowest BCUT2D eigenvalue weighted by Gasteiger charge is -2.20. The maximum absolute atomic E-state index is 11.3. The average molecular weight is 227 g/mol. The zero-order valence-electron chi connectivity index (χ0n) is 10.3. The molecule has 0 aliphatic heterocycles. The van der Waals surface area contributed by atoms with Crippen LogP contribution >= 0.6 is 0 Å². The fraction of sp³-hybridized carbons (Fsp3) is 0.333. The van der Waals surface area contributed by atoms with Crippen LogP contribution in [0.3, 0.4) is 0 Å². The van der Waals surface area contributed by atoms with Crippen LogP contribution in [-0.2, 0) is 4.79 Å². The molecule has 1 rings (SSSR count). The van der Waals surface area contributed by atoms with Crippen LogP contribution in [0.1, 0.15) is 31.7 Å². The van der Waals surface area contributed by atoms with Gasteiger partial charge in [0.25, 0.3) is 0 Å². The van der Waals surface area contributed by atoms with E-state index in [4.69, 9.17) is 5.26 Å². The Morgan fingerprint density at radius 2 is 2.06 bits per heavy atom. The molecule has 2 atom stereocenters. The summed E-state index contributed by atoms with van der Waals surface area (Å²) in [6.45, 7) is 3.64. The van der Waals surface area contributed by atoms with Crippen LogP contribution in [0.5, 0.6) is 0 Å². The van der Waals surface area contributed by atoms with Crippen LogP contribution in [0.15, 0.2) is 42.5 Å². The van der Waals surface area contributed by atoms with Crippen LogP contribution in [0.4, 0.5) is 0 Å². The van der Waals surface area contributed by atoms with Gasteiger partial charge >= 0.3 is 0 Å². The summed E-state index contributed by atoms with van der Waals surface area (Å²) in [6, 6.07) is 12.0. The van der Waals surface area contributed by atoms with Crippen molar-refractivity contribution >= 4 is 5.78 Å². The highest BCUT2D eigenvalue weighted by atomic mass is 16.1. The van der Waals surface area contributed by atoms with Crippen LogP contribution in [0.2, 0.25) is 0 Å². The molecule has 0 heterocycles. The minimum absolute atomic E-state index is 0.151. The van der Waals surface area contributed by atoms with Gasteiger partial charge in [-0.2, -0.15) is 5.26 Å². The summed E-state index contributed by atoms with van der Waals surface area (Å²) >= 11 is 0. The van der Waals surface area contributed by atoms with E-state index >= 15 is 0 Å². The second kappa shape index (κ2) is 6.65. The van der Waals surface area contributed by atoms with Crippen LogP contribution < -0.4 is 0 Å². The maximum atomic E-state index is 11.3. The van der Waals surface area contributed by atoms with Gasteiger partial charge in [-0.05, 0) is 24.3 Å². The van der Waals surface area contributed by atoms with Gasteiger partial charge < -0.3 is 4.79 Å². The van der Waals surface area contributed by atoms with Crippen molar-refractivity contribution in [2.75, 3.05) is 0 Å². The zero-order chi connectivity index (χ0) is 12.7. The largest absolute Gasteiger partial charge is 0.300 e. The molecule has 0 aromatic heterocycles. The van der Waals surface area contributed by atoms with E-state index in [2.05, 4.69) is 0 Å². The Bertz CT molecular complexity index is 428. The molecule has 0 N–H and O–H groups in total. The van der Waals surface area contributed by atoms with E-state index in [9.17, 15) is 4.79 Å². The van der Waals surface area contributed by atoms with Gasteiger partial charge in [0.05, 0.1) is 6.07 Å². The SMILES string of the molecule is CC(=O)C[C@H](c1ccccc1)[C@H](C)/C=C\C#N. The Balaban J connectivity index is 2.92. The molecule has 0 saturated carbocycles. The summed E-state index contributed by atoms with van der Waals surface area (Å²) in [4.78, 5) is 11.3. The Morgan fingerprint density at radius 3 is 2.59 bits per heavy atom. The van der Waals surface area contributed by atoms with E-state index in [-0.39, 0.29) is 17.6 Å². The minimum Gasteiger partial charge on any atom is -0.300 e. The first-order valence-corrected chi connectivity index (χ1v) is 5.75. The van der Waals surface area contributed by atoms with Crippen molar-refractivity contribution in [3.05, 3.63) is 48.0 Å². The van der Waals surface area contributed by atoms with Crippen LogP contribution in [0, 0.1) is 17.2 Å². The van der Waals surface area contributed by atoms with Crippen molar-refractivity contribution in [2.24, 2.45) is 5.92 Å². The summed E-state index contributed by atoms with van der Waals surface area (Å²) in [5.74, 6) is 0.510. The molecule has 0 spiro atoms. The van der Waals surface area contributed by atoms with Gasteiger partial charge in [0, 0.05) is 12.5 Å². The lowest BCUT2D eigenvalue weighted by atomic mass is 9.83. The number of benzene rings is 1. The fourth-order valence-electron chi connectivity index (χ4n) is 1.95. The number of rotatable bonds is 5. The van der Waals surface area contributed by atoms with Crippen molar-refractivity contribution < 1.29 is 4.79 Å². The highest BCUT2D eigenvalue weighted by Gasteiger charge is 2.18. The summed E-state index contributed by atoms with van der Waals surface area (Å²) in [5, 5.41) is 8.55. The predicted octanol–water partition coefficient (Wildman–Crippen LogP) is 3.47. The summed E-state index contributed by atoms with van der Waals surface area (Å²) in [5.41, 5.74) is 1.15. The highest BCUT2D eigenvalue weighted by molar-refractivity contribution is 5.76. The normalized spacial score (nSPS) is 14.2. The smallest absolute Gasteiger partial charge is 0.130 e. The topological polar surface area (TPSA) is 40.9 Å². The number of hydrogen-bond acceptors (Lipinski definition) is 2. The summed E-state index contributed by atoms with van der Waals surface area (Å²) < 4.78 is 0. The fourth-order valence-corrected chi connectivity index (χ4v) is 1.95. The molecule has 0 aliphatic carbocycles. The van der Waals surface area contributed by atoms with Gasteiger partial charge in [-0.1, -0.05) is 43.3 Å². The molecular formula is C15H17NO. The average Bonchev–Trinajstić information content (AvgIpc) is 2.34. The van der Waals surface area contributed by atoms with E-state index < -0.39 is 0 Å². The Hall–Kier alpha value is -1.88. The number of carbonyl (C=O) groups is 1. The van der Waals surface area contributed by atoms with E-state index in [1.807, 2.05) is 49.4 Å². The van der Waals surface area contributed by atoms with E-state index in [0.717, 1.165) is 5.56 Å². The molecule has 17 heavy (non-hydrogen) atoms. The molecule has 0 aliphatic rings. The Labute approximate surface area is 103 Å². The minimum atomic E-state index is 0.151. The predicted molar refractivity (Wildman–Crippen MR) is 68.4 cm³/mol. The Kier molecular flexibility index (Phi) is 5.16. The van der Waals surface area contributed by atoms with Crippen molar-refractivity contribution in [2.45, 2.75) is 26.2 Å². The first-order valence-electron chi connectivity index (χ1n) is 5.75. The van der Waals surface area contributed by atoms with Gasteiger partial charge in [0.15, 0.2) is 0 Å². The first-order chi connectivity index (χ1) is 8.15. The zero-order valence-corrected chi connectivity index (χ0v) is 10.3. The van der Waals surface area contributed by atoms with E-state index in [0.29, 0.717) is 6.42 Å². The molecule has 0 saturated heterocycles. The molecule has 1 aromatic rings. The molecule has 0 fully saturated rings. The Morgan fingerprint density at radius 1 is 1.41 bits per heavy atom. The molecule has 2 heteroatoms.